The van der Waals surface area contributed by atoms with Gasteiger partial charge in [0, 0.05) is 12.8 Å². The standard InChI is InChI=1S/C10H21N3O/c1-7(2)5-12-6-9(13-11)10(14)8(3)4/h6-8,10,14H,5,11H2,1-4H3. The fraction of sp³-hybridized carbons (Fsp3) is 0.800. The zero-order valence-electron chi connectivity index (χ0n) is 9.44. The first kappa shape index (κ1) is 13.1. The van der Waals surface area contributed by atoms with Gasteiger partial charge in [0.1, 0.15) is 11.8 Å². The summed E-state index contributed by atoms with van der Waals surface area (Å²) >= 11 is 0. The van der Waals surface area contributed by atoms with Gasteiger partial charge in [0.2, 0.25) is 0 Å². The maximum absolute atomic E-state index is 9.65. The van der Waals surface area contributed by atoms with Gasteiger partial charge in [0.05, 0.1) is 0 Å². The highest BCUT2D eigenvalue weighted by Crippen LogP contribution is 2.02. The van der Waals surface area contributed by atoms with Crippen LogP contribution in [0.1, 0.15) is 27.7 Å². The number of nitrogens with zero attached hydrogens (tertiary/aromatic N) is 2. The number of hydrogen-bond donors (Lipinski definition) is 2. The molecule has 0 fully saturated rings. The second-order valence-electron chi connectivity index (χ2n) is 4.13. The number of rotatable bonds is 5. The van der Waals surface area contributed by atoms with Crippen LogP contribution in [0, 0.1) is 11.8 Å². The number of hydrogen-bond acceptors (Lipinski definition) is 4. The van der Waals surface area contributed by atoms with Crippen LogP contribution in [0.3, 0.4) is 0 Å². The van der Waals surface area contributed by atoms with Crippen LogP contribution in [0.2, 0.25) is 0 Å². The lowest BCUT2D eigenvalue weighted by Crippen LogP contribution is -2.28. The van der Waals surface area contributed by atoms with Crippen molar-refractivity contribution in [2.24, 2.45) is 27.8 Å². The zero-order valence-corrected chi connectivity index (χ0v) is 9.44. The Morgan fingerprint density at radius 2 is 1.93 bits per heavy atom. The minimum absolute atomic E-state index is 0.0998. The van der Waals surface area contributed by atoms with Crippen molar-refractivity contribution in [3.63, 3.8) is 0 Å². The van der Waals surface area contributed by atoms with E-state index in [1.165, 1.54) is 0 Å². The van der Waals surface area contributed by atoms with Crippen LogP contribution >= 0.6 is 0 Å². The molecule has 0 radical (unpaired) electrons. The van der Waals surface area contributed by atoms with Crippen LogP contribution in [-0.4, -0.2) is 29.7 Å². The minimum atomic E-state index is -0.629. The second kappa shape index (κ2) is 6.54. The molecule has 0 rings (SSSR count). The Morgan fingerprint density at radius 1 is 1.36 bits per heavy atom. The van der Waals surface area contributed by atoms with Crippen molar-refractivity contribution in [3.05, 3.63) is 0 Å². The van der Waals surface area contributed by atoms with E-state index in [0.717, 1.165) is 6.54 Å². The van der Waals surface area contributed by atoms with Gasteiger partial charge in [-0.1, -0.05) is 27.7 Å². The van der Waals surface area contributed by atoms with E-state index in [9.17, 15) is 5.11 Å². The third kappa shape index (κ3) is 4.97. The highest BCUT2D eigenvalue weighted by atomic mass is 16.3. The van der Waals surface area contributed by atoms with Gasteiger partial charge in [0.15, 0.2) is 0 Å². The molecule has 0 saturated heterocycles. The molecule has 0 heterocycles. The zero-order chi connectivity index (χ0) is 11.1. The van der Waals surface area contributed by atoms with Crippen molar-refractivity contribution in [1.29, 1.82) is 0 Å². The summed E-state index contributed by atoms with van der Waals surface area (Å²) in [6.07, 6.45) is 0.931. The molecule has 0 aliphatic rings. The van der Waals surface area contributed by atoms with Gasteiger partial charge in [-0.05, 0) is 11.8 Å². The van der Waals surface area contributed by atoms with Crippen LogP contribution in [0.15, 0.2) is 10.1 Å². The van der Waals surface area contributed by atoms with E-state index in [1.807, 2.05) is 13.8 Å². The molecule has 4 nitrogen and oxygen atoms in total. The summed E-state index contributed by atoms with van der Waals surface area (Å²) in [5.74, 6) is 5.77. The average molecular weight is 199 g/mol. The lowest BCUT2D eigenvalue weighted by molar-refractivity contribution is 0.192. The Kier molecular flexibility index (Phi) is 6.12. The summed E-state index contributed by atoms with van der Waals surface area (Å²) in [5.41, 5.74) is 0.445. The smallest absolute Gasteiger partial charge is 0.107 e. The third-order valence-corrected chi connectivity index (χ3v) is 1.78. The molecule has 0 aromatic carbocycles. The average Bonchev–Trinajstić information content (AvgIpc) is 2.10. The fourth-order valence-electron chi connectivity index (χ4n) is 0.885. The van der Waals surface area contributed by atoms with Gasteiger partial charge in [-0.3, -0.25) is 4.99 Å². The van der Waals surface area contributed by atoms with Crippen LogP contribution in [0.4, 0.5) is 0 Å². The summed E-state index contributed by atoms with van der Waals surface area (Å²) < 4.78 is 0. The summed E-state index contributed by atoms with van der Waals surface area (Å²) in [6.45, 7) is 8.70. The minimum Gasteiger partial charge on any atom is -0.386 e. The molecule has 1 atom stereocenters. The number of aliphatic hydroxyl groups excluding tert-OH is 1. The first-order chi connectivity index (χ1) is 6.49. The van der Waals surface area contributed by atoms with E-state index in [1.54, 1.807) is 6.21 Å². The largest absolute Gasteiger partial charge is 0.386 e. The highest BCUT2D eigenvalue weighted by molar-refractivity contribution is 6.32. The van der Waals surface area contributed by atoms with Gasteiger partial charge < -0.3 is 10.9 Å². The fourth-order valence-corrected chi connectivity index (χ4v) is 0.885. The van der Waals surface area contributed by atoms with Crippen molar-refractivity contribution in [2.75, 3.05) is 6.54 Å². The maximum Gasteiger partial charge on any atom is 0.107 e. The maximum atomic E-state index is 9.65. The molecule has 0 aliphatic heterocycles. The topological polar surface area (TPSA) is 71.0 Å². The molecule has 0 aliphatic carbocycles. The van der Waals surface area contributed by atoms with Crippen LogP contribution in [0.5, 0.6) is 0 Å². The van der Waals surface area contributed by atoms with Crippen LogP contribution < -0.4 is 5.84 Å². The lowest BCUT2D eigenvalue weighted by Gasteiger charge is -2.13. The SMILES string of the molecule is CC(C)CN=CC(=NN)C(O)C(C)C. The van der Waals surface area contributed by atoms with Crippen LogP contribution in [-0.2, 0) is 0 Å². The van der Waals surface area contributed by atoms with Crippen molar-refractivity contribution in [1.82, 2.24) is 0 Å². The Morgan fingerprint density at radius 3 is 2.29 bits per heavy atom. The molecular formula is C10H21N3O. The Hall–Kier alpha value is -0.900. The summed E-state index contributed by atoms with van der Waals surface area (Å²) in [5, 5.41) is 13.2. The van der Waals surface area contributed by atoms with Crippen LogP contribution in [0.25, 0.3) is 0 Å². The summed E-state index contributed by atoms with van der Waals surface area (Å²) in [6, 6.07) is 0. The van der Waals surface area contributed by atoms with E-state index >= 15 is 0 Å². The van der Waals surface area contributed by atoms with Gasteiger partial charge in [-0.2, -0.15) is 5.10 Å². The predicted octanol–water partition coefficient (Wildman–Crippen LogP) is 1.04. The molecule has 0 aromatic rings. The first-order valence-electron chi connectivity index (χ1n) is 4.94. The molecule has 3 N–H and O–H groups in total. The van der Waals surface area contributed by atoms with Crippen molar-refractivity contribution < 1.29 is 5.11 Å². The van der Waals surface area contributed by atoms with Gasteiger partial charge in [0.25, 0.3) is 0 Å². The lowest BCUT2D eigenvalue weighted by atomic mass is 10.0. The molecule has 82 valence electrons. The third-order valence-electron chi connectivity index (χ3n) is 1.78. The first-order valence-corrected chi connectivity index (χ1v) is 4.94. The molecule has 0 saturated carbocycles. The van der Waals surface area contributed by atoms with E-state index in [2.05, 4.69) is 23.9 Å². The van der Waals surface area contributed by atoms with Crippen molar-refractivity contribution in [3.8, 4) is 0 Å². The molecule has 0 amide bonds. The molecule has 0 aromatic heterocycles. The van der Waals surface area contributed by atoms with Gasteiger partial charge >= 0.3 is 0 Å². The molecule has 0 bridgehead atoms. The molecule has 0 spiro atoms. The quantitative estimate of drug-likeness (QED) is 0.394. The summed E-state index contributed by atoms with van der Waals surface area (Å²) in [7, 11) is 0. The Labute approximate surface area is 85.9 Å². The Balaban J connectivity index is 4.24. The van der Waals surface area contributed by atoms with E-state index in [-0.39, 0.29) is 5.92 Å². The van der Waals surface area contributed by atoms with E-state index < -0.39 is 6.10 Å². The normalized spacial score (nSPS) is 15.8. The Bertz CT molecular complexity index is 209. The van der Waals surface area contributed by atoms with Gasteiger partial charge in [-0.15, -0.1) is 0 Å². The highest BCUT2D eigenvalue weighted by Gasteiger charge is 2.14. The van der Waals surface area contributed by atoms with E-state index in [0.29, 0.717) is 11.6 Å². The monoisotopic (exact) mass is 199 g/mol. The molecule has 4 heteroatoms. The molecule has 14 heavy (non-hydrogen) atoms. The number of nitrogens with two attached hydrogens (primary N) is 1. The van der Waals surface area contributed by atoms with Gasteiger partial charge in [-0.25, -0.2) is 0 Å². The van der Waals surface area contributed by atoms with Crippen molar-refractivity contribution in [2.45, 2.75) is 33.8 Å². The van der Waals surface area contributed by atoms with Crippen molar-refractivity contribution >= 4 is 11.9 Å². The number of aliphatic hydroxyl groups is 1. The molecular weight excluding hydrogens is 178 g/mol. The summed E-state index contributed by atoms with van der Waals surface area (Å²) in [4.78, 5) is 4.15. The predicted molar refractivity (Wildman–Crippen MR) is 60.7 cm³/mol. The molecule has 1 unspecified atom stereocenters. The number of aliphatic imine (C=N–C) groups is 1. The second-order valence-corrected chi connectivity index (χ2v) is 4.13. The number of hydrazone groups is 1. The van der Waals surface area contributed by atoms with E-state index in [4.69, 9.17) is 5.84 Å².